The topological polar surface area (TPSA) is 70.1 Å². The Labute approximate surface area is 91.4 Å². The maximum Gasteiger partial charge on any atom is 0.236 e. The molecule has 1 fully saturated rings. The van der Waals surface area contributed by atoms with Crippen molar-refractivity contribution in [3.05, 3.63) is 12.8 Å². The maximum atomic E-state index is 11.2. The van der Waals surface area contributed by atoms with Crippen LogP contribution in [0.2, 0.25) is 0 Å². The van der Waals surface area contributed by atoms with Crippen molar-refractivity contribution in [3.63, 3.8) is 0 Å². The molecule has 0 unspecified atom stereocenters. The molecule has 0 aromatic carbocycles. The molecule has 0 atom stereocenters. The number of hydrogen-bond donors (Lipinski definition) is 1. The van der Waals surface area contributed by atoms with E-state index >= 15 is 0 Å². The lowest BCUT2D eigenvalue weighted by Crippen LogP contribution is -2.37. The Morgan fingerprint density at radius 3 is 2.53 bits per heavy atom. The van der Waals surface area contributed by atoms with E-state index in [-0.39, 0.29) is 12.3 Å². The lowest BCUT2D eigenvalue weighted by molar-refractivity contribution is -0.131. The van der Waals surface area contributed by atoms with Gasteiger partial charge in [0.2, 0.25) is 5.91 Å². The highest BCUT2D eigenvalue weighted by Crippen LogP contribution is 2.16. The highest BCUT2D eigenvalue weighted by molar-refractivity contribution is 5.78. The van der Waals surface area contributed by atoms with E-state index in [1.807, 2.05) is 6.07 Å². The van der Waals surface area contributed by atoms with Crippen molar-refractivity contribution >= 4 is 5.91 Å². The fraction of sp³-hybridized carbons (Fsp3) is 0.636. The predicted molar refractivity (Wildman–Crippen MR) is 59.6 cm³/mol. The number of piperidine rings is 1. The third-order valence-electron chi connectivity index (χ3n) is 2.37. The average molecular weight is 209 g/mol. The molecule has 0 aromatic heterocycles. The van der Waals surface area contributed by atoms with E-state index in [9.17, 15) is 4.79 Å². The first-order chi connectivity index (χ1) is 7.15. The van der Waals surface area contributed by atoms with Crippen molar-refractivity contribution in [2.45, 2.75) is 26.2 Å². The minimum Gasteiger partial charge on any atom is -0.405 e. The van der Waals surface area contributed by atoms with Gasteiger partial charge in [0.05, 0.1) is 6.07 Å². The van der Waals surface area contributed by atoms with Crippen LogP contribution in [0.4, 0.5) is 0 Å². The fourth-order valence-electron chi connectivity index (χ4n) is 1.44. The van der Waals surface area contributed by atoms with Crippen LogP contribution in [0.15, 0.2) is 12.8 Å². The van der Waals surface area contributed by atoms with Crippen LogP contribution in [-0.2, 0) is 4.79 Å². The molecule has 0 spiro atoms. The summed E-state index contributed by atoms with van der Waals surface area (Å²) in [5, 5.41) is 8.32. The van der Waals surface area contributed by atoms with Crippen LogP contribution in [-0.4, -0.2) is 23.9 Å². The summed E-state index contributed by atoms with van der Waals surface area (Å²) in [6, 6.07) is 1.88. The van der Waals surface area contributed by atoms with Crippen LogP contribution < -0.4 is 5.73 Å². The number of carbonyl (C=O) groups is 1. The van der Waals surface area contributed by atoms with Gasteiger partial charge in [0.1, 0.15) is 6.42 Å². The number of rotatable bonds is 1. The summed E-state index contributed by atoms with van der Waals surface area (Å²) in [4.78, 5) is 13.0. The Balaban J connectivity index is 0.000000583. The van der Waals surface area contributed by atoms with Gasteiger partial charge < -0.3 is 10.6 Å². The highest BCUT2D eigenvalue weighted by Gasteiger charge is 2.19. The molecule has 1 rings (SSSR count). The lowest BCUT2D eigenvalue weighted by Gasteiger charge is -2.29. The molecule has 15 heavy (non-hydrogen) atoms. The van der Waals surface area contributed by atoms with E-state index in [0.29, 0.717) is 0 Å². The van der Waals surface area contributed by atoms with Crippen molar-refractivity contribution in [1.82, 2.24) is 4.90 Å². The third-order valence-corrected chi connectivity index (χ3v) is 2.37. The van der Waals surface area contributed by atoms with Crippen LogP contribution in [0.25, 0.3) is 0 Å². The summed E-state index contributed by atoms with van der Waals surface area (Å²) >= 11 is 0. The van der Waals surface area contributed by atoms with Crippen molar-refractivity contribution in [2.24, 2.45) is 11.7 Å². The largest absolute Gasteiger partial charge is 0.405 e. The van der Waals surface area contributed by atoms with Gasteiger partial charge >= 0.3 is 0 Å². The molecule has 1 aliphatic rings. The second kappa shape index (κ2) is 7.86. The molecule has 2 N–H and O–H groups in total. The SMILES string of the molecule is C=CN.CC1CCN(C(=O)CC#N)CC1. The normalized spacial score (nSPS) is 15.9. The summed E-state index contributed by atoms with van der Waals surface area (Å²) < 4.78 is 0. The molecule has 0 saturated carbocycles. The fourth-order valence-corrected chi connectivity index (χ4v) is 1.44. The van der Waals surface area contributed by atoms with E-state index < -0.39 is 0 Å². The molecule has 0 aromatic rings. The van der Waals surface area contributed by atoms with Crippen molar-refractivity contribution in [3.8, 4) is 6.07 Å². The zero-order valence-corrected chi connectivity index (χ0v) is 9.28. The van der Waals surface area contributed by atoms with Gasteiger partial charge in [-0.25, -0.2) is 0 Å². The Morgan fingerprint density at radius 2 is 2.13 bits per heavy atom. The second-order valence-corrected chi connectivity index (χ2v) is 3.63. The smallest absolute Gasteiger partial charge is 0.236 e. The first-order valence-electron chi connectivity index (χ1n) is 5.13. The molecule has 1 aliphatic heterocycles. The number of nitriles is 1. The van der Waals surface area contributed by atoms with Crippen LogP contribution >= 0.6 is 0 Å². The van der Waals surface area contributed by atoms with Crippen LogP contribution in [0.3, 0.4) is 0 Å². The van der Waals surface area contributed by atoms with Gasteiger partial charge in [0, 0.05) is 13.1 Å². The Morgan fingerprint density at radius 1 is 1.67 bits per heavy atom. The molecule has 4 nitrogen and oxygen atoms in total. The van der Waals surface area contributed by atoms with Gasteiger partial charge in [0.25, 0.3) is 0 Å². The Kier molecular flexibility index (Phi) is 7.08. The summed E-state index contributed by atoms with van der Waals surface area (Å²) in [5.41, 5.74) is 4.61. The maximum absolute atomic E-state index is 11.2. The van der Waals surface area contributed by atoms with E-state index in [1.54, 1.807) is 4.90 Å². The number of carbonyl (C=O) groups excluding carboxylic acids is 1. The number of likely N-dealkylation sites (tertiary alicyclic amines) is 1. The van der Waals surface area contributed by atoms with E-state index in [0.717, 1.165) is 31.8 Å². The molecule has 1 saturated heterocycles. The van der Waals surface area contributed by atoms with Gasteiger partial charge in [-0.1, -0.05) is 13.5 Å². The van der Waals surface area contributed by atoms with Gasteiger partial charge in [0.15, 0.2) is 0 Å². The standard InChI is InChI=1S/C9H14N2O.C2H5N/c1-8-3-6-11(7-4-8)9(12)2-5-10;1-2-3/h8H,2-4,6-7H2,1H3;2H,1,3H2. The van der Waals surface area contributed by atoms with Crippen molar-refractivity contribution in [2.75, 3.05) is 13.1 Å². The molecule has 4 heteroatoms. The van der Waals surface area contributed by atoms with Gasteiger partial charge in [-0.05, 0) is 25.0 Å². The van der Waals surface area contributed by atoms with Gasteiger partial charge in [-0.15, -0.1) is 0 Å². The molecular formula is C11H19N3O. The molecule has 1 heterocycles. The molecular weight excluding hydrogens is 190 g/mol. The Hall–Kier alpha value is -1.50. The molecule has 84 valence electrons. The minimum absolute atomic E-state index is 0.00981. The number of hydrogen-bond acceptors (Lipinski definition) is 3. The minimum atomic E-state index is -0.00981. The van der Waals surface area contributed by atoms with Gasteiger partial charge in [-0.2, -0.15) is 5.26 Å². The summed E-state index contributed by atoms with van der Waals surface area (Å²) in [6.07, 6.45) is 3.45. The summed E-state index contributed by atoms with van der Waals surface area (Å²) in [5.74, 6) is 0.723. The molecule has 0 radical (unpaired) electrons. The number of nitrogens with zero attached hydrogens (tertiary/aromatic N) is 2. The van der Waals surface area contributed by atoms with Crippen LogP contribution in [0.1, 0.15) is 26.2 Å². The molecule has 0 aliphatic carbocycles. The van der Waals surface area contributed by atoms with E-state index in [4.69, 9.17) is 5.26 Å². The van der Waals surface area contributed by atoms with E-state index in [2.05, 4.69) is 19.2 Å². The zero-order chi connectivity index (χ0) is 11.7. The predicted octanol–water partition coefficient (Wildman–Crippen LogP) is 1.25. The zero-order valence-electron chi connectivity index (χ0n) is 9.28. The highest BCUT2D eigenvalue weighted by atomic mass is 16.2. The van der Waals surface area contributed by atoms with Gasteiger partial charge in [-0.3, -0.25) is 4.79 Å². The summed E-state index contributed by atoms with van der Waals surface area (Å²) in [7, 11) is 0. The van der Waals surface area contributed by atoms with Crippen molar-refractivity contribution in [1.29, 1.82) is 5.26 Å². The quantitative estimate of drug-likeness (QED) is 0.706. The van der Waals surface area contributed by atoms with Crippen LogP contribution in [0, 0.1) is 17.2 Å². The third kappa shape index (κ3) is 5.74. The molecule has 0 bridgehead atoms. The van der Waals surface area contributed by atoms with Crippen molar-refractivity contribution < 1.29 is 4.79 Å². The average Bonchev–Trinajstić information content (AvgIpc) is 2.20. The lowest BCUT2D eigenvalue weighted by atomic mass is 9.99. The second-order valence-electron chi connectivity index (χ2n) is 3.63. The van der Waals surface area contributed by atoms with E-state index in [1.165, 1.54) is 6.20 Å². The first-order valence-corrected chi connectivity index (χ1v) is 5.13. The Bertz CT molecular complexity index is 237. The monoisotopic (exact) mass is 209 g/mol. The number of amides is 1. The molecule has 1 amide bonds. The van der Waals surface area contributed by atoms with Crippen LogP contribution in [0.5, 0.6) is 0 Å². The first kappa shape index (κ1) is 13.5. The summed E-state index contributed by atoms with van der Waals surface area (Å²) in [6.45, 7) is 7.01. The number of nitrogens with two attached hydrogens (primary N) is 1.